The molecule has 0 unspecified atom stereocenters. The van der Waals surface area contributed by atoms with Gasteiger partial charge in [-0.05, 0) is 54.8 Å². The minimum atomic E-state index is -0.425. The molecule has 1 heterocycles. The fourth-order valence-corrected chi connectivity index (χ4v) is 3.46. The lowest BCUT2D eigenvalue weighted by Gasteiger charge is -2.16. The van der Waals surface area contributed by atoms with Gasteiger partial charge in [0.1, 0.15) is 5.75 Å². The Labute approximate surface area is 158 Å². The van der Waals surface area contributed by atoms with Gasteiger partial charge in [-0.15, -0.1) is 0 Å². The summed E-state index contributed by atoms with van der Waals surface area (Å²) in [7, 11) is 0. The smallest absolute Gasteiger partial charge is 0.299 e. The van der Waals surface area contributed by atoms with Crippen LogP contribution in [0.3, 0.4) is 0 Å². The van der Waals surface area contributed by atoms with E-state index in [-0.39, 0.29) is 0 Å². The van der Waals surface area contributed by atoms with Gasteiger partial charge in [0.25, 0.3) is 11.7 Å². The zero-order chi connectivity index (χ0) is 18.8. The van der Waals surface area contributed by atoms with E-state index in [0.29, 0.717) is 18.7 Å². The summed E-state index contributed by atoms with van der Waals surface area (Å²) in [5.74, 6) is 0.0223. The van der Waals surface area contributed by atoms with Crippen LogP contribution in [0, 0.1) is 6.92 Å². The normalized spacial score (nSPS) is 13.3. The number of fused-ring (bicyclic) bond motifs is 2. The first-order chi connectivity index (χ1) is 13.1. The zero-order valence-corrected chi connectivity index (χ0v) is 15.3. The topological polar surface area (TPSA) is 46.6 Å². The highest BCUT2D eigenvalue weighted by Crippen LogP contribution is 2.30. The summed E-state index contributed by atoms with van der Waals surface area (Å²) >= 11 is 0. The Kier molecular flexibility index (Phi) is 4.63. The van der Waals surface area contributed by atoms with Crippen molar-refractivity contribution in [1.29, 1.82) is 0 Å². The Morgan fingerprint density at radius 3 is 2.56 bits per heavy atom. The van der Waals surface area contributed by atoms with Gasteiger partial charge in [0, 0.05) is 6.54 Å². The molecule has 3 aromatic carbocycles. The van der Waals surface area contributed by atoms with E-state index in [1.165, 1.54) is 5.39 Å². The molecule has 0 aliphatic carbocycles. The van der Waals surface area contributed by atoms with Gasteiger partial charge < -0.3 is 9.64 Å². The fraction of sp³-hybridized carbons (Fsp3) is 0.217. The van der Waals surface area contributed by atoms with Crippen LogP contribution in [-0.4, -0.2) is 24.8 Å². The molecule has 3 aromatic rings. The van der Waals surface area contributed by atoms with Gasteiger partial charge in [0.15, 0.2) is 0 Å². The predicted molar refractivity (Wildman–Crippen MR) is 107 cm³/mol. The third-order valence-corrected chi connectivity index (χ3v) is 4.89. The number of hydrogen-bond donors (Lipinski definition) is 0. The van der Waals surface area contributed by atoms with Crippen LogP contribution in [0.1, 0.15) is 28.8 Å². The predicted octanol–water partition coefficient (Wildman–Crippen LogP) is 4.54. The Morgan fingerprint density at radius 2 is 1.70 bits per heavy atom. The maximum atomic E-state index is 12.2. The van der Waals surface area contributed by atoms with E-state index < -0.39 is 11.7 Å². The molecule has 0 N–H and O–H groups in total. The molecule has 0 saturated heterocycles. The number of hydrogen-bond acceptors (Lipinski definition) is 3. The first-order valence-corrected chi connectivity index (χ1v) is 9.22. The van der Waals surface area contributed by atoms with E-state index in [4.69, 9.17) is 4.74 Å². The molecule has 0 aromatic heterocycles. The number of rotatable bonds is 6. The van der Waals surface area contributed by atoms with Gasteiger partial charge in [-0.25, -0.2) is 0 Å². The van der Waals surface area contributed by atoms with E-state index in [1.54, 1.807) is 11.0 Å². The van der Waals surface area contributed by atoms with Crippen molar-refractivity contribution in [2.24, 2.45) is 0 Å². The van der Waals surface area contributed by atoms with Gasteiger partial charge in [-0.3, -0.25) is 9.59 Å². The third kappa shape index (κ3) is 3.43. The number of anilines is 1. The summed E-state index contributed by atoms with van der Waals surface area (Å²) in [5.41, 5.74) is 2.24. The molecule has 0 fully saturated rings. The first kappa shape index (κ1) is 17.3. The molecule has 4 nitrogen and oxygen atoms in total. The van der Waals surface area contributed by atoms with E-state index in [9.17, 15) is 9.59 Å². The van der Waals surface area contributed by atoms with Gasteiger partial charge >= 0.3 is 0 Å². The molecule has 0 spiro atoms. The van der Waals surface area contributed by atoms with Gasteiger partial charge in [0.05, 0.1) is 17.9 Å². The van der Waals surface area contributed by atoms with E-state index >= 15 is 0 Å². The van der Waals surface area contributed by atoms with Gasteiger partial charge in [0.2, 0.25) is 0 Å². The minimum absolute atomic E-state index is 0.402. The summed E-state index contributed by atoms with van der Waals surface area (Å²) < 4.78 is 5.84. The molecule has 1 aliphatic heterocycles. The van der Waals surface area contributed by atoms with Crippen molar-refractivity contribution < 1.29 is 14.3 Å². The van der Waals surface area contributed by atoms with Crippen molar-refractivity contribution in [3.05, 3.63) is 71.8 Å². The number of carbonyl (C=O) groups is 2. The average molecular weight is 359 g/mol. The van der Waals surface area contributed by atoms with Crippen LogP contribution >= 0.6 is 0 Å². The third-order valence-electron chi connectivity index (χ3n) is 4.89. The van der Waals surface area contributed by atoms with Crippen LogP contribution in [0.15, 0.2) is 60.7 Å². The van der Waals surface area contributed by atoms with E-state index in [1.807, 2.05) is 43.3 Å². The Bertz CT molecular complexity index is 1030. The molecule has 0 atom stereocenters. The van der Waals surface area contributed by atoms with E-state index in [2.05, 4.69) is 18.2 Å². The second-order valence-electron chi connectivity index (χ2n) is 6.87. The van der Waals surface area contributed by atoms with Crippen molar-refractivity contribution in [2.45, 2.75) is 19.8 Å². The number of ether oxygens (including phenoxy) is 1. The van der Waals surface area contributed by atoms with Crippen LogP contribution in [0.5, 0.6) is 5.75 Å². The van der Waals surface area contributed by atoms with Crippen molar-refractivity contribution in [3.8, 4) is 5.75 Å². The maximum Gasteiger partial charge on any atom is 0.299 e. The highest BCUT2D eigenvalue weighted by molar-refractivity contribution is 6.52. The number of nitrogens with zero attached hydrogens (tertiary/aromatic N) is 1. The Hall–Kier alpha value is -3.14. The molecule has 0 radical (unpaired) electrons. The molecule has 4 heteroatoms. The Morgan fingerprint density at radius 1 is 0.889 bits per heavy atom. The lowest BCUT2D eigenvalue weighted by molar-refractivity contribution is -0.114. The second-order valence-corrected chi connectivity index (χ2v) is 6.87. The number of benzene rings is 3. The second kappa shape index (κ2) is 7.23. The number of aryl methyl sites for hydroxylation is 1. The van der Waals surface area contributed by atoms with Crippen LogP contribution in [0.25, 0.3) is 10.8 Å². The summed E-state index contributed by atoms with van der Waals surface area (Å²) in [5, 5.41) is 2.35. The number of carbonyl (C=O) groups excluding carboxylic acids is 2. The molecule has 27 heavy (non-hydrogen) atoms. The maximum absolute atomic E-state index is 12.2. The van der Waals surface area contributed by atoms with Gasteiger partial charge in [-0.2, -0.15) is 0 Å². The minimum Gasteiger partial charge on any atom is -0.494 e. The lowest BCUT2D eigenvalue weighted by Crippen LogP contribution is -2.30. The van der Waals surface area contributed by atoms with Crippen LogP contribution in [0.4, 0.5) is 5.69 Å². The molecule has 1 aliphatic rings. The monoisotopic (exact) mass is 359 g/mol. The molecule has 1 amide bonds. The summed E-state index contributed by atoms with van der Waals surface area (Å²) in [4.78, 5) is 25.9. The fourth-order valence-electron chi connectivity index (χ4n) is 3.46. The van der Waals surface area contributed by atoms with Crippen molar-refractivity contribution >= 4 is 28.2 Å². The number of Topliss-reactive ketones (excluding diaryl/α,β-unsaturated/α-hetero) is 1. The van der Waals surface area contributed by atoms with Crippen LogP contribution < -0.4 is 9.64 Å². The van der Waals surface area contributed by atoms with E-state index in [0.717, 1.165) is 35.2 Å². The average Bonchev–Trinajstić information content (AvgIpc) is 2.92. The van der Waals surface area contributed by atoms with Gasteiger partial charge in [-0.1, -0.05) is 42.0 Å². The summed E-state index contributed by atoms with van der Waals surface area (Å²) in [6.07, 6.45) is 1.59. The van der Waals surface area contributed by atoms with Crippen molar-refractivity contribution in [2.75, 3.05) is 18.1 Å². The first-order valence-electron chi connectivity index (χ1n) is 9.22. The largest absolute Gasteiger partial charge is 0.494 e. The molecule has 0 saturated carbocycles. The number of unbranched alkanes of at least 4 members (excludes halogenated alkanes) is 1. The Balaban J connectivity index is 1.31. The quantitative estimate of drug-likeness (QED) is 0.480. The van der Waals surface area contributed by atoms with Crippen LogP contribution in [-0.2, 0) is 4.79 Å². The number of ketones is 1. The number of amides is 1. The lowest BCUT2D eigenvalue weighted by atomic mass is 10.1. The SMILES string of the molecule is Cc1ccc2c(c1)C(=O)C(=O)N2CCCCOc1ccc2ccccc2c1. The summed E-state index contributed by atoms with van der Waals surface area (Å²) in [6.45, 7) is 3.03. The standard InChI is InChI=1S/C23H21NO3/c1-16-8-11-21-20(14-16)22(25)23(26)24(21)12-4-5-13-27-19-10-9-17-6-2-3-7-18(17)15-19/h2-3,6-11,14-15H,4-5,12-13H2,1H3. The molecule has 136 valence electrons. The van der Waals surface area contributed by atoms with Crippen LogP contribution in [0.2, 0.25) is 0 Å². The molecule has 4 rings (SSSR count). The highest BCUT2D eigenvalue weighted by Gasteiger charge is 2.35. The molecule has 0 bridgehead atoms. The van der Waals surface area contributed by atoms with Crippen molar-refractivity contribution in [3.63, 3.8) is 0 Å². The zero-order valence-electron chi connectivity index (χ0n) is 15.3. The molecular weight excluding hydrogens is 338 g/mol. The summed E-state index contributed by atoms with van der Waals surface area (Å²) in [6, 6.07) is 19.8. The van der Waals surface area contributed by atoms with Crippen molar-refractivity contribution in [1.82, 2.24) is 0 Å². The highest BCUT2D eigenvalue weighted by atomic mass is 16.5. The molecular formula is C23H21NO3.